The number of aromatic nitrogens is 2. The lowest BCUT2D eigenvalue weighted by Gasteiger charge is -2.36. The smallest absolute Gasteiger partial charge is 0.260 e. The molecule has 1 amide bonds. The first-order chi connectivity index (χ1) is 15.6. The van der Waals surface area contributed by atoms with E-state index in [1.54, 1.807) is 0 Å². The van der Waals surface area contributed by atoms with Crippen molar-refractivity contribution in [2.75, 3.05) is 37.7 Å². The number of anilines is 1. The zero-order valence-corrected chi connectivity index (χ0v) is 18.8. The standard InChI is InChI=1S/C26H30N4O2/c1-3-24-23(18-21-10-6-4-7-11-21)26(28-20(2)27-24)30-16-14-29(15-17-30)25(31)19-32-22-12-8-5-9-13-22/h4-13H,3,14-19H2,1-2H3. The van der Waals surface area contributed by atoms with E-state index < -0.39 is 0 Å². The third kappa shape index (κ3) is 5.25. The van der Waals surface area contributed by atoms with Gasteiger partial charge in [-0.3, -0.25) is 4.79 Å². The Hall–Kier alpha value is -3.41. The molecule has 1 saturated heterocycles. The highest BCUT2D eigenvalue weighted by Crippen LogP contribution is 2.26. The minimum atomic E-state index is 0.0196. The van der Waals surface area contributed by atoms with E-state index in [-0.39, 0.29) is 12.5 Å². The Morgan fingerprint density at radius 2 is 1.59 bits per heavy atom. The minimum absolute atomic E-state index is 0.0196. The molecule has 0 aliphatic carbocycles. The van der Waals surface area contributed by atoms with Crippen molar-refractivity contribution in [3.63, 3.8) is 0 Å². The topological polar surface area (TPSA) is 58.6 Å². The van der Waals surface area contributed by atoms with Gasteiger partial charge in [0.15, 0.2) is 6.61 Å². The Bertz CT molecular complexity index is 1030. The third-order valence-electron chi connectivity index (χ3n) is 5.78. The van der Waals surface area contributed by atoms with E-state index in [9.17, 15) is 4.79 Å². The molecule has 1 aliphatic rings. The quantitative estimate of drug-likeness (QED) is 0.573. The van der Waals surface area contributed by atoms with Crippen molar-refractivity contribution in [2.45, 2.75) is 26.7 Å². The average molecular weight is 431 g/mol. The van der Waals surface area contributed by atoms with Crippen molar-refractivity contribution in [3.05, 3.63) is 83.3 Å². The SMILES string of the molecule is CCc1nc(C)nc(N2CCN(C(=O)COc3ccccc3)CC2)c1Cc1ccccc1. The van der Waals surface area contributed by atoms with E-state index >= 15 is 0 Å². The maximum absolute atomic E-state index is 12.6. The highest BCUT2D eigenvalue weighted by atomic mass is 16.5. The van der Waals surface area contributed by atoms with Gasteiger partial charge in [0, 0.05) is 43.9 Å². The fourth-order valence-electron chi connectivity index (χ4n) is 4.09. The third-order valence-corrected chi connectivity index (χ3v) is 5.78. The maximum Gasteiger partial charge on any atom is 0.260 e. The molecular formula is C26H30N4O2. The summed E-state index contributed by atoms with van der Waals surface area (Å²) in [4.78, 5) is 26.4. The number of hydrogen-bond acceptors (Lipinski definition) is 5. The van der Waals surface area contributed by atoms with E-state index in [0.29, 0.717) is 18.8 Å². The predicted octanol–water partition coefficient (Wildman–Crippen LogP) is 3.67. The molecule has 0 atom stereocenters. The molecule has 4 rings (SSSR count). The van der Waals surface area contributed by atoms with Gasteiger partial charge in [-0.2, -0.15) is 0 Å². The summed E-state index contributed by atoms with van der Waals surface area (Å²) < 4.78 is 5.64. The van der Waals surface area contributed by atoms with Gasteiger partial charge in [-0.05, 0) is 31.0 Å². The molecule has 1 fully saturated rings. The Morgan fingerprint density at radius 1 is 0.938 bits per heavy atom. The van der Waals surface area contributed by atoms with E-state index in [1.165, 1.54) is 11.1 Å². The number of benzene rings is 2. The van der Waals surface area contributed by atoms with Crippen LogP contribution < -0.4 is 9.64 Å². The van der Waals surface area contributed by atoms with Crippen LogP contribution in [0.3, 0.4) is 0 Å². The first-order valence-corrected chi connectivity index (χ1v) is 11.2. The Labute approximate surface area is 189 Å². The monoisotopic (exact) mass is 430 g/mol. The van der Waals surface area contributed by atoms with Crippen LogP contribution in [-0.2, 0) is 17.6 Å². The highest BCUT2D eigenvalue weighted by Gasteiger charge is 2.25. The lowest BCUT2D eigenvalue weighted by atomic mass is 10.0. The number of nitrogens with zero attached hydrogens (tertiary/aromatic N) is 4. The summed E-state index contributed by atoms with van der Waals surface area (Å²) in [6.45, 7) is 6.98. The number of para-hydroxylation sites is 1. The zero-order chi connectivity index (χ0) is 22.3. The average Bonchev–Trinajstić information content (AvgIpc) is 2.84. The number of ether oxygens (including phenoxy) is 1. The van der Waals surface area contributed by atoms with Crippen molar-refractivity contribution < 1.29 is 9.53 Å². The van der Waals surface area contributed by atoms with Crippen molar-refractivity contribution in [3.8, 4) is 5.75 Å². The zero-order valence-electron chi connectivity index (χ0n) is 18.8. The van der Waals surface area contributed by atoms with Crippen LogP contribution in [-0.4, -0.2) is 53.6 Å². The number of aryl methyl sites for hydroxylation is 2. The molecule has 0 spiro atoms. The van der Waals surface area contributed by atoms with E-state index in [0.717, 1.165) is 43.3 Å². The molecule has 3 aromatic rings. The predicted molar refractivity (Wildman–Crippen MR) is 126 cm³/mol. The second-order valence-electron chi connectivity index (χ2n) is 8.01. The normalized spacial score (nSPS) is 13.8. The molecule has 1 aromatic heterocycles. The fourth-order valence-corrected chi connectivity index (χ4v) is 4.09. The molecule has 166 valence electrons. The van der Waals surface area contributed by atoms with E-state index in [2.05, 4.69) is 36.1 Å². The van der Waals surface area contributed by atoms with Crippen LogP contribution in [0.2, 0.25) is 0 Å². The molecule has 32 heavy (non-hydrogen) atoms. The number of rotatable bonds is 7. The molecule has 0 unspecified atom stereocenters. The van der Waals surface area contributed by atoms with Gasteiger partial charge >= 0.3 is 0 Å². The van der Waals surface area contributed by atoms with Gasteiger partial charge < -0.3 is 14.5 Å². The lowest BCUT2D eigenvalue weighted by Crippen LogP contribution is -2.50. The second kappa shape index (κ2) is 10.3. The molecule has 2 heterocycles. The Morgan fingerprint density at radius 3 is 2.25 bits per heavy atom. The first kappa shape index (κ1) is 21.8. The number of hydrogen-bond donors (Lipinski definition) is 0. The van der Waals surface area contributed by atoms with Crippen LogP contribution in [0, 0.1) is 6.92 Å². The highest BCUT2D eigenvalue weighted by molar-refractivity contribution is 5.78. The van der Waals surface area contributed by atoms with Gasteiger partial charge in [-0.1, -0.05) is 55.5 Å². The van der Waals surface area contributed by atoms with Crippen LogP contribution in [0.1, 0.15) is 29.6 Å². The van der Waals surface area contributed by atoms with Gasteiger partial charge in [-0.25, -0.2) is 9.97 Å². The lowest BCUT2D eigenvalue weighted by molar-refractivity contribution is -0.133. The van der Waals surface area contributed by atoms with Gasteiger partial charge in [0.25, 0.3) is 5.91 Å². The molecule has 2 aromatic carbocycles. The molecule has 0 saturated carbocycles. The number of carbonyl (C=O) groups excluding carboxylic acids is 1. The van der Waals surface area contributed by atoms with E-state index in [4.69, 9.17) is 14.7 Å². The molecule has 6 heteroatoms. The van der Waals surface area contributed by atoms with Crippen molar-refractivity contribution in [1.29, 1.82) is 0 Å². The van der Waals surface area contributed by atoms with Crippen LogP contribution in [0.4, 0.5) is 5.82 Å². The van der Waals surface area contributed by atoms with Gasteiger partial charge in [-0.15, -0.1) is 0 Å². The summed E-state index contributed by atoms with van der Waals surface area (Å²) in [6.07, 6.45) is 1.68. The van der Waals surface area contributed by atoms with Gasteiger partial charge in [0.2, 0.25) is 0 Å². The molecule has 0 radical (unpaired) electrons. The first-order valence-electron chi connectivity index (χ1n) is 11.2. The molecule has 6 nitrogen and oxygen atoms in total. The van der Waals surface area contributed by atoms with Crippen molar-refractivity contribution in [1.82, 2.24) is 14.9 Å². The van der Waals surface area contributed by atoms with E-state index in [1.807, 2.05) is 48.2 Å². The summed E-state index contributed by atoms with van der Waals surface area (Å²) in [5, 5.41) is 0. The largest absolute Gasteiger partial charge is 0.484 e. The molecule has 1 aliphatic heterocycles. The molecule has 0 N–H and O–H groups in total. The number of amides is 1. The van der Waals surface area contributed by atoms with Gasteiger partial charge in [0.05, 0.1) is 0 Å². The number of carbonyl (C=O) groups is 1. The number of piperazine rings is 1. The summed E-state index contributed by atoms with van der Waals surface area (Å²) in [5.74, 6) is 2.54. The van der Waals surface area contributed by atoms with Gasteiger partial charge in [0.1, 0.15) is 17.4 Å². The maximum atomic E-state index is 12.6. The Balaban J connectivity index is 1.44. The van der Waals surface area contributed by atoms with Crippen LogP contribution in [0.5, 0.6) is 5.75 Å². The molecule has 0 bridgehead atoms. The van der Waals surface area contributed by atoms with Crippen LogP contribution in [0.15, 0.2) is 60.7 Å². The summed E-state index contributed by atoms with van der Waals surface area (Å²) >= 11 is 0. The van der Waals surface area contributed by atoms with Crippen molar-refractivity contribution in [2.24, 2.45) is 0 Å². The fraction of sp³-hybridized carbons (Fsp3) is 0.346. The molecular weight excluding hydrogens is 400 g/mol. The van der Waals surface area contributed by atoms with Crippen LogP contribution in [0.25, 0.3) is 0 Å². The summed E-state index contributed by atoms with van der Waals surface area (Å²) in [5.41, 5.74) is 3.55. The summed E-state index contributed by atoms with van der Waals surface area (Å²) in [7, 11) is 0. The Kier molecular flexibility index (Phi) is 7.00. The van der Waals surface area contributed by atoms with Crippen LogP contribution >= 0.6 is 0 Å². The minimum Gasteiger partial charge on any atom is -0.484 e. The second-order valence-corrected chi connectivity index (χ2v) is 8.01. The summed E-state index contributed by atoms with van der Waals surface area (Å²) in [6, 6.07) is 19.9. The van der Waals surface area contributed by atoms with Crippen molar-refractivity contribution >= 4 is 11.7 Å².